The van der Waals surface area contributed by atoms with Gasteiger partial charge in [0.15, 0.2) is 0 Å². The summed E-state index contributed by atoms with van der Waals surface area (Å²) < 4.78 is 1.51. The van der Waals surface area contributed by atoms with Crippen molar-refractivity contribution in [2.45, 2.75) is 27.2 Å². The largest absolute Gasteiger partial charge is 1.00 e. The average molecular weight is 448 g/mol. The van der Waals surface area contributed by atoms with Crippen molar-refractivity contribution in [1.82, 2.24) is 0 Å². The Balaban J connectivity index is 0.000000476. The number of halogens is 2. The topological polar surface area (TPSA) is 0 Å². The van der Waals surface area contributed by atoms with Crippen LogP contribution in [0.15, 0.2) is 60.7 Å². The Kier molecular flexibility index (Phi) is 8.62. The van der Waals surface area contributed by atoms with Crippen LogP contribution in [0.2, 0.25) is 0 Å². The number of hydrogen-bond donors (Lipinski definition) is 0. The smallest absolute Gasteiger partial charge is 0.0159 e. The van der Waals surface area contributed by atoms with E-state index in [1.54, 1.807) is 24.2 Å². The van der Waals surface area contributed by atoms with Gasteiger partial charge in [0, 0.05) is 0 Å². The number of rotatable bonds is 1. The van der Waals surface area contributed by atoms with E-state index in [1.807, 2.05) is 0 Å². The first-order valence-corrected chi connectivity index (χ1v) is 9.26. The van der Waals surface area contributed by atoms with Crippen molar-refractivity contribution in [2.24, 2.45) is 0 Å². The fourth-order valence-corrected chi connectivity index (χ4v) is 3.11. The molecule has 3 aromatic carbocycles. The van der Waals surface area contributed by atoms with E-state index in [0.29, 0.717) is 0 Å². The van der Waals surface area contributed by atoms with Crippen molar-refractivity contribution in [3.8, 4) is 0 Å². The molecule has 0 bridgehead atoms. The van der Waals surface area contributed by atoms with Crippen molar-refractivity contribution in [3.63, 3.8) is 0 Å². The Morgan fingerprint density at radius 1 is 1.04 bits per heavy atom. The number of benzene rings is 2. The third-order valence-corrected chi connectivity index (χ3v) is 3.99. The second-order valence-electron chi connectivity index (χ2n) is 6.33. The van der Waals surface area contributed by atoms with Gasteiger partial charge in [-0.1, -0.05) is 65.3 Å². The Bertz CT molecular complexity index is 941. The van der Waals surface area contributed by atoms with Gasteiger partial charge >= 0.3 is 41.3 Å². The van der Waals surface area contributed by atoms with Crippen LogP contribution >= 0.6 is 0 Å². The minimum Gasteiger partial charge on any atom is -1.00 e. The van der Waals surface area contributed by atoms with Crippen LogP contribution in [0.3, 0.4) is 0 Å². The van der Waals surface area contributed by atoms with Crippen LogP contribution in [-0.2, 0) is 24.2 Å². The van der Waals surface area contributed by atoms with Gasteiger partial charge in [-0.05, 0) is 13.3 Å². The molecular formula is C22H21Cl2Zr-. The van der Waals surface area contributed by atoms with Gasteiger partial charge in [-0.2, -0.15) is 0 Å². The summed E-state index contributed by atoms with van der Waals surface area (Å²) >= 11 is 1.55. The third-order valence-electron chi connectivity index (χ3n) is 3.99. The Hall–Kier alpha value is -0.877. The summed E-state index contributed by atoms with van der Waals surface area (Å²) in [6.45, 7) is 6.43. The van der Waals surface area contributed by atoms with E-state index in [9.17, 15) is 0 Å². The summed E-state index contributed by atoms with van der Waals surface area (Å²) in [6, 6.07) is 15.6. The zero-order valence-corrected chi connectivity index (χ0v) is 18.7. The molecule has 0 unspecified atom stereocenters. The molecule has 0 spiro atoms. The van der Waals surface area contributed by atoms with Crippen molar-refractivity contribution in [1.29, 1.82) is 0 Å². The van der Waals surface area contributed by atoms with Crippen LogP contribution in [-0.4, -0.2) is 3.21 Å². The predicted molar refractivity (Wildman–Crippen MR) is 99.9 cm³/mol. The molecule has 128 valence electrons. The first kappa shape index (κ1) is 22.2. The minimum absolute atomic E-state index is 0. The molecule has 0 fully saturated rings. The van der Waals surface area contributed by atoms with E-state index >= 15 is 0 Å². The average Bonchev–Trinajstić information content (AvgIpc) is 3.13. The van der Waals surface area contributed by atoms with Crippen LogP contribution in [0, 0.1) is 6.92 Å². The molecule has 0 atom stereocenters. The standard InChI is InChI=1S/C19H15.C3H6.2ClH.Zr/c1-13-10-17(14-6-2-3-7-14)19-12-15-8-4-5-9-16(15)18(19)11-13;1-3-2;;;/h2-6,8-12H,7H2,1H3;1-2H3;2*1H;/q-1;;;;+2/p-2. The second-order valence-corrected chi connectivity index (χ2v) is 8.79. The normalized spacial score (nSPS) is 12.1. The molecule has 0 saturated heterocycles. The van der Waals surface area contributed by atoms with Gasteiger partial charge in [0.05, 0.1) is 0 Å². The molecule has 1 aliphatic carbocycles. The van der Waals surface area contributed by atoms with E-state index in [4.69, 9.17) is 0 Å². The van der Waals surface area contributed by atoms with Crippen molar-refractivity contribution in [3.05, 3.63) is 71.8 Å². The minimum atomic E-state index is 0. The zero-order valence-electron chi connectivity index (χ0n) is 14.7. The second kappa shape index (κ2) is 9.72. The Morgan fingerprint density at radius 2 is 1.72 bits per heavy atom. The molecular weight excluding hydrogens is 426 g/mol. The van der Waals surface area contributed by atoms with Crippen LogP contribution in [0.4, 0.5) is 0 Å². The SMILES string of the molecule is C[C](C)=[Zr+2].Cc1cc(C2=CC=CC2)c2[cH-]c3ccccc3c2c1.[Cl-].[Cl-]. The Morgan fingerprint density at radius 3 is 2.36 bits per heavy atom. The molecule has 0 nitrogen and oxygen atoms in total. The fraction of sp³-hybridized carbons (Fsp3) is 0.182. The molecule has 0 amide bonds. The maximum Gasteiger partial charge on any atom is -0.0159 e. The monoisotopic (exact) mass is 445 g/mol. The van der Waals surface area contributed by atoms with Crippen LogP contribution < -0.4 is 24.8 Å². The molecule has 25 heavy (non-hydrogen) atoms. The summed E-state index contributed by atoms with van der Waals surface area (Å²) in [6.07, 6.45) is 7.68. The molecule has 0 N–H and O–H groups in total. The number of hydrogen-bond acceptors (Lipinski definition) is 0. The maximum absolute atomic E-state index is 2.33. The molecule has 0 heterocycles. The van der Waals surface area contributed by atoms with Gasteiger partial charge in [-0.3, -0.25) is 0 Å². The summed E-state index contributed by atoms with van der Waals surface area (Å²) in [5, 5.41) is 5.49. The number of fused-ring (bicyclic) bond motifs is 3. The van der Waals surface area contributed by atoms with E-state index in [-0.39, 0.29) is 24.8 Å². The maximum atomic E-state index is 2.33. The van der Waals surface area contributed by atoms with E-state index in [0.717, 1.165) is 6.42 Å². The van der Waals surface area contributed by atoms with Crippen molar-refractivity contribution in [2.75, 3.05) is 0 Å². The first-order chi connectivity index (χ1) is 11.1. The predicted octanol–water partition coefficient (Wildman–Crippen LogP) is 0.117. The molecule has 4 rings (SSSR count). The van der Waals surface area contributed by atoms with Crippen LogP contribution in [0.5, 0.6) is 0 Å². The van der Waals surface area contributed by atoms with E-state index in [2.05, 4.69) is 81.5 Å². The molecule has 3 aromatic rings. The van der Waals surface area contributed by atoms with Crippen molar-refractivity contribution < 1.29 is 49.0 Å². The Labute approximate surface area is 177 Å². The van der Waals surface area contributed by atoms with Gasteiger partial charge in [0.1, 0.15) is 0 Å². The quantitative estimate of drug-likeness (QED) is 0.465. The number of aryl methyl sites for hydroxylation is 1. The van der Waals surface area contributed by atoms with Gasteiger partial charge in [-0.25, -0.2) is 0 Å². The van der Waals surface area contributed by atoms with E-state index in [1.165, 1.54) is 41.5 Å². The van der Waals surface area contributed by atoms with Gasteiger partial charge in [0.2, 0.25) is 0 Å². The first-order valence-electron chi connectivity index (χ1n) is 8.03. The molecule has 3 heteroatoms. The van der Waals surface area contributed by atoms with E-state index < -0.39 is 0 Å². The van der Waals surface area contributed by atoms with Gasteiger partial charge < -0.3 is 24.8 Å². The summed E-state index contributed by atoms with van der Waals surface area (Å²) in [4.78, 5) is 0. The molecule has 0 aliphatic heterocycles. The van der Waals surface area contributed by atoms with Crippen LogP contribution in [0.1, 0.15) is 31.4 Å². The molecule has 0 aromatic heterocycles. The summed E-state index contributed by atoms with van der Waals surface area (Å²) in [5.74, 6) is 0. The van der Waals surface area contributed by atoms with Gasteiger partial charge in [0.25, 0.3) is 0 Å². The molecule has 1 aliphatic rings. The molecule has 0 radical (unpaired) electrons. The zero-order chi connectivity index (χ0) is 16.4. The molecule has 0 saturated carbocycles. The fourth-order valence-electron chi connectivity index (χ4n) is 3.11. The summed E-state index contributed by atoms with van der Waals surface area (Å²) in [5.41, 5.74) is 4.17. The van der Waals surface area contributed by atoms with Crippen molar-refractivity contribution >= 4 is 30.3 Å². The van der Waals surface area contributed by atoms with Crippen LogP contribution in [0.25, 0.3) is 27.1 Å². The van der Waals surface area contributed by atoms with Gasteiger partial charge in [-0.15, -0.1) is 33.7 Å². The number of allylic oxidation sites excluding steroid dienone is 4. The third kappa shape index (κ3) is 5.07. The summed E-state index contributed by atoms with van der Waals surface area (Å²) in [7, 11) is 0.